The number of hydrogen-bond acceptors (Lipinski definition) is 4. The van der Waals surface area contributed by atoms with E-state index in [0.717, 1.165) is 11.5 Å². The van der Waals surface area contributed by atoms with E-state index in [1.54, 1.807) is 18.1 Å². The van der Waals surface area contributed by atoms with E-state index in [4.69, 9.17) is 0 Å². The van der Waals surface area contributed by atoms with Gasteiger partial charge in [-0.2, -0.15) is 5.10 Å². The van der Waals surface area contributed by atoms with Gasteiger partial charge < -0.3 is 9.80 Å². The van der Waals surface area contributed by atoms with E-state index in [1.807, 2.05) is 41.9 Å². The average Bonchev–Trinajstić information content (AvgIpc) is 3.30. The third-order valence-corrected chi connectivity index (χ3v) is 4.44. The Bertz CT molecular complexity index is 783. The summed E-state index contributed by atoms with van der Waals surface area (Å²) in [6, 6.07) is 5.71. The number of rotatable bonds is 4. The van der Waals surface area contributed by atoms with Crippen LogP contribution in [0.25, 0.3) is 0 Å². The van der Waals surface area contributed by atoms with Gasteiger partial charge in [-0.3, -0.25) is 9.48 Å². The molecular formula is C19H27N5O. The van der Waals surface area contributed by atoms with Crippen molar-refractivity contribution in [2.24, 2.45) is 0 Å². The van der Waals surface area contributed by atoms with Gasteiger partial charge in [0.1, 0.15) is 0 Å². The maximum atomic E-state index is 13.1. The van der Waals surface area contributed by atoms with Gasteiger partial charge in [-0.05, 0) is 51.8 Å². The van der Waals surface area contributed by atoms with Crippen molar-refractivity contribution in [2.45, 2.75) is 45.1 Å². The number of hydrogen-bond donors (Lipinski definition) is 0. The monoisotopic (exact) mass is 341 g/mol. The van der Waals surface area contributed by atoms with Gasteiger partial charge in [0.25, 0.3) is 5.91 Å². The first-order valence-electron chi connectivity index (χ1n) is 8.71. The highest BCUT2D eigenvalue weighted by Crippen LogP contribution is 2.42. The molecule has 0 aromatic carbocycles. The molecule has 1 aliphatic rings. The van der Waals surface area contributed by atoms with Crippen LogP contribution in [-0.2, 0) is 5.54 Å². The molecule has 0 atom stereocenters. The fraction of sp³-hybridized carbons (Fsp3) is 0.526. The average molecular weight is 341 g/mol. The minimum atomic E-state index is -0.141. The van der Waals surface area contributed by atoms with Crippen LogP contribution in [0.15, 0.2) is 24.4 Å². The summed E-state index contributed by atoms with van der Waals surface area (Å²) >= 11 is 0. The number of nitrogens with zero attached hydrogens (tertiary/aromatic N) is 5. The second-order valence-electron chi connectivity index (χ2n) is 7.92. The van der Waals surface area contributed by atoms with Gasteiger partial charge >= 0.3 is 0 Å². The molecule has 1 saturated carbocycles. The zero-order valence-corrected chi connectivity index (χ0v) is 15.9. The van der Waals surface area contributed by atoms with Gasteiger partial charge in [0.05, 0.1) is 11.2 Å². The summed E-state index contributed by atoms with van der Waals surface area (Å²) in [6.07, 6.45) is 4.09. The third kappa shape index (κ3) is 3.38. The van der Waals surface area contributed by atoms with Crippen LogP contribution in [0.2, 0.25) is 0 Å². The number of amides is 1. The highest BCUT2D eigenvalue weighted by molar-refractivity contribution is 6.06. The first-order chi connectivity index (χ1) is 11.7. The second kappa shape index (κ2) is 6.17. The first-order valence-corrected chi connectivity index (χ1v) is 8.71. The lowest BCUT2D eigenvalue weighted by molar-refractivity contribution is 0.0986. The Morgan fingerprint density at radius 3 is 2.48 bits per heavy atom. The number of carbonyl (C=O) groups excluding carboxylic acids is 1. The highest BCUT2D eigenvalue weighted by atomic mass is 16.2. The van der Waals surface area contributed by atoms with Crippen molar-refractivity contribution in [1.82, 2.24) is 14.8 Å². The van der Waals surface area contributed by atoms with Crippen LogP contribution in [-0.4, -0.2) is 41.8 Å². The molecule has 0 N–H and O–H groups in total. The molecule has 1 aliphatic carbocycles. The summed E-state index contributed by atoms with van der Waals surface area (Å²) in [4.78, 5) is 21.0. The zero-order chi connectivity index (χ0) is 18.4. The maximum absolute atomic E-state index is 13.1. The second-order valence-corrected chi connectivity index (χ2v) is 7.92. The van der Waals surface area contributed by atoms with Crippen LogP contribution in [0.1, 0.15) is 55.7 Å². The molecule has 0 aliphatic heterocycles. The quantitative estimate of drug-likeness (QED) is 0.856. The SMILES string of the molecule is CN(C)c1ncccc1N(C)C(=O)c1cc(C2CC2)n(C(C)(C)C)n1. The molecule has 134 valence electrons. The fourth-order valence-electron chi connectivity index (χ4n) is 2.98. The van der Waals surface area contributed by atoms with Crippen LogP contribution in [0.5, 0.6) is 0 Å². The Kier molecular flexibility index (Phi) is 4.31. The highest BCUT2D eigenvalue weighted by Gasteiger charge is 2.33. The largest absolute Gasteiger partial charge is 0.361 e. The summed E-state index contributed by atoms with van der Waals surface area (Å²) in [5.74, 6) is 1.19. The molecule has 0 saturated heterocycles. The van der Waals surface area contributed by atoms with E-state index >= 15 is 0 Å². The van der Waals surface area contributed by atoms with Crippen LogP contribution in [0.3, 0.4) is 0 Å². The summed E-state index contributed by atoms with van der Waals surface area (Å²) in [5, 5.41) is 4.66. The van der Waals surface area contributed by atoms with Crippen molar-refractivity contribution < 1.29 is 4.79 Å². The molecule has 2 aromatic heterocycles. The van der Waals surface area contributed by atoms with Crippen molar-refractivity contribution in [3.63, 3.8) is 0 Å². The first kappa shape index (κ1) is 17.5. The predicted molar refractivity (Wildman–Crippen MR) is 100 cm³/mol. The topological polar surface area (TPSA) is 54.3 Å². The van der Waals surface area contributed by atoms with Crippen LogP contribution in [0.4, 0.5) is 11.5 Å². The Labute approximate surface area is 149 Å². The molecule has 0 spiro atoms. The van der Waals surface area contributed by atoms with E-state index in [9.17, 15) is 4.79 Å². The van der Waals surface area contributed by atoms with Crippen LogP contribution >= 0.6 is 0 Å². The Morgan fingerprint density at radius 2 is 1.92 bits per heavy atom. The number of pyridine rings is 1. The van der Waals surface area contributed by atoms with Crippen LogP contribution in [0, 0.1) is 0 Å². The molecule has 6 heteroatoms. The van der Waals surface area contributed by atoms with Gasteiger partial charge in [0.2, 0.25) is 0 Å². The Hall–Kier alpha value is -2.37. The molecule has 2 heterocycles. The van der Waals surface area contributed by atoms with E-state index in [2.05, 4.69) is 30.9 Å². The molecular weight excluding hydrogens is 314 g/mol. The van der Waals surface area contributed by atoms with Crippen molar-refractivity contribution in [1.29, 1.82) is 0 Å². The summed E-state index contributed by atoms with van der Waals surface area (Å²) in [5.41, 5.74) is 2.30. The van der Waals surface area contributed by atoms with Crippen molar-refractivity contribution in [3.8, 4) is 0 Å². The van der Waals surface area contributed by atoms with E-state index < -0.39 is 0 Å². The van der Waals surface area contributed by atoms with E-state index in [0.29, 0.717) is 11.6 Å². The van der Waals surface area contributed by atoms with Crippen LogP contribution < -0.4 is 9.80 Å². The maximum Gasteiger partial charge on any atom is 0.278 e. The Morgan fingerprint density at radius 1 is 1.24 bits per heavy atom. The fourth-order valence-corrected chi connectivity index (χ4v) is 2.98. The molecule has 25 heavy (non-hydrogen) atoms. The number of anilines is 2. The van der Waals surface area contributed by atoms with Crippen molar-refractivity contribution in [3.05, 3.63) is 35.8 Å². The lowest BCUT2D eigenvalue weighted by Gasteiger charge is -2.23. The predicted octanol–water partition coefficient (Wildman–Crippen LogP) is 3.25. The van der Waals surface area contributed by atoms with E-state index in [1.165, 1.54) is 18.5 Å². The molecule has 1 amide bonds. The molecule has 6 nitrogen and oxygen atoms in total. The number of carbonyl (C=O) groups is 1. The van der Waals surface area contributed by atoms with Gasteiger partial charge in [0.15, 0.2) is 11.5 Å². The Balaban J connectivity index is 1.96. The third-order valence-electron chi connectivity index (χ3n) is 4.44. The summed E-state index contributed by atoms with van der Waals surface area (Å²) in [6.45, 7) is 6.36. The molecule has 0 bridgehead atoms. The summed E-state index contributed by atoms with van der Waals surface area (Å²) in [7, 11) is 5.62. The lowest BCUT2D eigenvalue weighted by Crippen LogP contribution is -2.30. The molecule has 3 rings (SSSR count). The smallest absolute Gasteiger partial charge is 0.278 e. The standard InChI is InChI=1S/C19H27N5O/c1-19(2,3)24-16(13-9-10-13)12-14(21-24)18(25)23(6)15-8-7-11-20-17(15)22(4)5/h7-8,11-13H,9-10H2,1-6H3. The van der Waals surface area contributed by atoms with Gasteiger partial charge in [-0.1, -0.05) is 0 Å². The van der Waals surface area contributed by atoms with Gasteiger partial charge in [0, 0.05) is 39.0 Å². The molecule has 1 fully saturated rings. The normalized spacial score (nSPS) is 14.5. The molecule has 2 aromatic rings. The molecule has 0 radical (unpaired) electrons. The lowest BCUT2D eigenvalue weighted by atomic mass is 10.1. The van der Waals surface area contributed by atoms with Crippen molar-refractivity contribution >= 4 is 17.4 Å². The summed E-state index contributed by atoms with van der Waals surface area (Å²) < 4.78 is 2.02. The minimum absolute atomic E-state index is 0.110. The molecule has 0 unspecified atom stereocenters. The van der Waals surface area contributed by atoms with Crippen molar-refractivity contribution in [2.75, 3.05) is 30.9 Å². The number of aromatic nitrogens is 3. The van der Waals surface area contributed by atoms with E-state index in [-0.39, 0.29) is 11.4 Å². The van der Waals surface area contributed by atoms with Gasteiger partial charge in [-0.25, -0.2) is 4.98 Å². The zero-order valence-electron chi connectivity index (χ0n) is 15.9. The minimum Gasteiger partial charge on any atom is -0.361 e. The van der Waals surface area contributed by atoms with Gasteiger partial charge in [-0.15, -0.1) is 0 Å².